The molecule has 1 saturated heterocycles. The Bertz CT molecular complexity index is 495. The Morgan fingerprint density at radius 3 is 2.50 bits per heavy atom. The molecular weight excluding hydrogens is 244 g/mol. The van der Waals surface area contributed by atoms with Crippen LogP contribution in [0, 0.1) is 25.2 Å². The molecule has 108 valence electrons. The summed E-state index contributed by atoms with van der Waals surface area (Å²) >= 11 is 0. The minimum atomic E-state index is -0.308. The lowest BCUT2D eigenvalue weighted by Crippen LogP contribution is -2.48. The predicted octanol–water partition coefficient (Wildman–Crippen LogP) is 4.00. The van der Waals surface area contributed by atoms with Gasteiger partial charge in [-0.25, -0.2) is 0 Å². The van der Waals surface area contributed by atoms with Crippen LogP contribution >= 0.6 is 0 Å². The molecule has 0 radical (unpaired) electrons. The van der Waals surface area contributed by atoms with E-state index in [1.807, 2.05) is 0 Å². The molecule has 1 aliphatic heterocycles. The summed E-state index contributed by atoms with van der Waals surface area (Å²) in [6.07, 6.45) is 5.71. The number of aryl methyl sites for hydroxylation is 3. The van der Waals surface area contributed by atoms with Gasteiger partial charge in [0, 0.05) is 0 Å². The Balaban J connectivity index is 2.04. The molecule has 2 rings (SSSR count). The fourth-order valence-corrected chi connectivity index (χ4v) is 3.18. The maximum Gasteiger partial charge on any atom is 0.106 e. The Labute approximate surface area is 123 Å². The van der Waals surface area contributed by atoms with Gasteiger partial charge in [-0.05, 0) is 70.7 Å². The molecule has 2 nitrogen and oxygen atoms in total. The van der Waals surface area contributed by atoms with E-state index in [1.165, 1.54) is 36.0 Å². The Morgan fingerprint density at radius 2 is 1.90 bits per heavy atom. The van der Waals surface area contributed by atoms with Crippen molar-refractivity contribution in [3.05, 3.63) is 34.9 Å². The average Bonchev–Trinajstić information content (AvgIpc) is 2.47. The van der Waals surface area contributed by atoms with E-state index in [2.05, 4.69) is 49.9 Å². The van der Waals surface area contributed by atoms with Gasteiger partial charge < -0.3 is 0 Å². The third-order valence-corrected chi connectivity index (χ3v) is 4.67. The van der Waals surface area contributed by atoms with Crippen LogP contribution < -0.4 is 0 Å². The predicted molar refractivity (Wildman–Crippen MR) is 83.7 cm³/mol. The summed E-state index contributed by atoms with van der Waals surface area (Å²) in [4.78, 5) is 2.39. The van der Waals surface area contributed by atoms with E-state index in [4.69, 9.17) is 0 Å². The van der Waals surface area contributed by atoms with E-state index >= 15 is 0 Å². The van der Waals surface area contributed by atoms with Crippen molar-refractivity contribution in [3.63, 3.8) is 0 Å². The number of likely N-dealkylation sites (tertiary alicyclic amines) is 1. The van der Waals surface area contributed by atoms with Gasteiger partial charge in [0.2, 0.25) is 0 Å². The van der Waals surface area contributed by atoms with Crippen LogP contribution in [0.4, 0.5) is 0 Å². The molecule has 0 N–H and O–H groups in total. The third kappa shape index (κ3) is 3.41. The first-order valence-electron chi connectivity index (χ1n) is 7.77. The molecule has 0 bridgehead atoms. The zero-order chi connectivity index (χ0) is 14.6. The molecule has 1 heterocycles. The van der Waals surface area contributed by atoms with E-state index in [0.29, 0.717) is 0 Å². The van der Waals surface area contributed by atoms with E-state index in [0.717, 1.165) is 25.9 Å². The Hall–Kier alpha value is -1.33. The summed E-state index contributed by atoms with van der Waals surface area (Å²) < 4.78 is 0. The third-order valence-electron chi connectivity index (χ3n) is 4.67. The summed E-state index contributed by atoms with van der Waals surface area (Å²) in [5.74, 6) is 0. The molecule has 0 aromatic heterocycles. The molecule has 0 aliphatic carbocycles. The van der Waals surface area contributed by atoms with Crippen LogP contribution in [0.5, 0.6) is 0 Å². The van der Waals surface area contributed by atoms with E-state index in [-0.39, 0.29) is 5.54 Å². The van der Waals surface area contributed by atoms with Crippen molar-refractivity contribution in [1.82, 2.24) is 4.90 Å². The standard InChI is InChI=1S/C18H26N2/c1-15-7-8-17(16(2)13-15)9-10-18(3,14-19)20-11-5-4-6-12-20/h7-8,13H,4-6,9-12H2,1-3H3. The lowest BCUT2D eigenvalue weighted by Gasteiger charge is -2.38. The largest absolute Gasteiger partial charge is 0.286 e. The molecule has 20 heavy (non-hydrogen) atoms. The number of benzene rings is 1. The quantitative estimate of drug-likeness (QED) is 0.826. The van der Waals surface area contributed by atoms with Crippen molar-refractivity contribution in [2.45, 2.75) is 58.4 Å². The molecule has 0 saturated carbocycles. The minimum absolute atomic E-state index is 0.308. The molecule has 1 atom stereocenters. The highest BCUT2D eigenvalue weighted by Gasteiger charge is 2.32. The van der Waals surface area contributed by atoms with Gasteiger partial charge in [-0.2, -0.15) is 5.26 Å². The average molecular weight is 270 g/mol. The van der Waals surface area contributed by atoms with Crippen LogP contribution in [0.25, 0.3) is 0 Å². The maximum atomic E-state index is 9.64. The molecule has 1 aromatic carbocycles. The van der Waals surface area contributed by atoms with Crippen molar-refractivity contribution in [1.29, 1.82) is 5.26 Å². The van der Waals surface area contributed by atoms with Crippen LogP contribution in [0.15, 0.2) is 18.2 Å². The van der Waals surface area contributed by atoms with Gasteiger partial charge >= 0.3 is 0 Å². The van der Waals surface area contributed by atoms with Gasteiger partial charge in [0.05, 0.1) is 6.07 Å². The number of hydrogen-bond donors (Lipinski definition) is 0. The van der Waals surface area contributed by atoms with E-state index in [9.17, 15) is 5.26 Å². The fraction of sp³-hybridized carbons (Fsp3) is 0.611. The highest BCUT2D eigenvalue weighted by atomic mass is 15.2. The van der Waals surface area contributed by atoms with Crippen LogP contribution in [-0.4, -0.2) is 23.5 Å². The molecule has 1 fully saturated rings. The van der Waals surface area contributed by atoms with E-state index < -0.39 is 0 Å². The van der Waals surface area contributed by atoms with E-state index in [1.54, 1.807) is 0 Å². The van der Waals surface area contributed by atoms with Crippen LogP contribution in [0.3, 0.4) is 0 Å². The van der Waals surface area contributed by atoms with Crippen molar-refractivity contribution in [2.24, 2.45) is 0 Å². The van der Waals surface area contributed by atoms with Crippen LogP contribution in [0.2, 0.25) is 0 Å². The molecule has 0 amide bonds. The summed E-state index contributed by atoms with van der Waals surface area (Å²) in [6, 6.07) is 9.21. The van der Waals surface area contributed by atoms with Gasteiger partial charge in [0.1, 0.15) is 5.54 Å². The summed E-state index contributed by atoms with van der Waals surface area (Å²) in [7, 11) is 0. The smallest absolute Gasteiger partial charge is 0.106 e. The highest BCUT2D eigenvalue weighted by molar-refractivity contribution is 5.31. The van der Waals surface area contributed by atoms with Gasteiger partial charge in [-0.1, -0.05) is 30.2 Å². The van der Waals surface area contributed by atoms with Gasteiger partial charge in [-0.15, -0.1) is 0 Å². The number of nitrogens with zero attached hydrogens (tertiary/aromatic N) is 2. The lowest BCUT2D eigenvalue weighted by molar-refractivity contribution is 0.117. The molecule has 1 aromatic rings. The maximum absolute atomic E-state index is 9.64. The summed E-state index contributed by atoms with van der Waals surface area (Å²) in [5.41, 5.74) is 3.74. The normalized spacial score (nSPS) is 19.3. The topological polar surface area (TPSA) is 27.0 Å². The zero-order valence-corrected chi connectivity index (χ0v) is 13.1. The minimum Gasteiger partial charge on any atom is -0.286 e. The van der Waals surface area contributed by atoms with Gasteiger partial charge in [0.15, 0.2) is 0 Å². The molecule has 1 aliphatic rings. The lowest BCUT2D eigenvalue weighted by atomic mass is 9.89. The first kappa shape index (κ1) is 15.1. The molecule has 0 spiro atoms. The molecular formula is C18H26N2. The summed E-state index contributed by atoms with van der Waals surface area (Å²) in [6.45, 7) is 8.58. The highest BCUT2D eigenvalue weighted by Crippen LogP contribution is 2.26. The van der Waals surface area contributed by atoms with Crippen molar-refractivity contribution < 1.29 is 0 Å². The van der Waals surface area contributed by atoms with Gasteiger partial charge in [-0.3, -0.25) is 4.90 Å². The number of piperidine rings is 1. The first-order chi connectivity index (χ1) is 9.55. The zero-order valence-electron chi connectivity index (χ0n) is 13.1. The first-order valence-corrected chi connectivity index (χ1v) is 7.77. The second-order valence-electron chi connectivity index (χ2n) is 6.36. The summed E-state index contributed by atoms with van der Waals surface area (Å²) in [5, 5.41) is 9.64. The van der Waals surface area contributed by atoms with Crippen molar-refractivity contribution in [3.8, 4) is 6.07 Å². The number of rotatable bonds is 4. The monoisotopic (exact) mass is 270 g/mol. The van der Waals surface area contributed by atoms with Crippen LogP contribution in [-0.2, 0) is 6.42 Å². The van der Waals surface area contributed by atoms with Crippen LogP contribution in [0.1, 0.15) is 49.3 Å². The Kier molecular flexibility index (Phi) is 4.83. The molecule has 1 unspecified atom stereocenters. The fourth-order valence-electron chi connectivity index (χ4n) is 3.18. The number of nitriles is 1. The second kappa shape index (κ2) is 6.41. The van der Waals surface area contributed by atoms with Gasteiger partial charge in [0.25, 0.3) is 0 Å². The Morgan fingerprint density at radius 1 is 1.20 bits per heavy atom. The second-order valence-corrected chi connectivity index (χ2v) is 6.36. The van der Waals surface area contributed by atoms with Crippen molar-refractivity contribution in [2.75, 3.05) is 13.1 Å². The SMILES string of the molecule is Cc1ccc(CCC(C)(C#N)N2CCCCC2)c(C)c1. The van der Waals surface area contributed by atoms with Crippen molar-refractivity contribution >= 4 is 0 Å². The number of hydrogen-bond acceptors (Lipinski definition) is 2. The molecule has 2 heteroatoms.